The molecule has 0 aliphatic heterocycles. The lowest BCUT2D eigenvalue weighted by Crippen LogP contribution is -3.00. The molecule has 3 rings (SSSR count). The van der Waals surface area contributed by atoms with Gasteiger partial charge in [-0.25, -0.2) is 0 Å². The summed E-state index contributed by atoms with van der Waals surface area (Å²) in [5.41, 5.74) is 4.37. The molecule has 0 saturated heterocycles. The van der Waals surface area contributed by atoms with Crippen LogP contribution in [0.1, 0.15) is 5.56 Å². The Morgan fingerprint density at radius 3 is 2.45 bits per heavy atom. The number of hydrogen-bond acceptors (Lipinski definition) is 4. The summed E-state index contributed by atoms with van der Waals surface area (Å²) >= 11 is 1.70. The molecule has 0 spiro atoms. The number of fused-ring (bicyclic) bond motifs is 1. The maximum absolute atomic E-state index is 11.1. The third-order valence-electron chi connectivity index (χ3n) is 3.01. The number of benzene rings is 2. The molecule has 2 aromatic carbocycles. The van der Waals surface area contributed by atoms with E-state index in [9.17, 15) is 8.42 Å². The number of hydrogen-bond donors (Lipinski definition) is 0. The van der Waals surface area contributed by atoms with Crippen LogP contribution in [0.3, 0.4) is 0 Å². The standard InChI is InChI=1S/C15H14NO3S2.BrH/c1-21(17,18)19-13-8-6-12(7-9-13)10-16-11-20-15-5-3-2-4-14(15)16;/h2-9,11H,10H2,1H3;1H/q+1;/p-1. The van der Waals surface area contributed by atoms with E-state index >= 15 is 0 Å². The molecule has 7 heteroatoms. The summed E-state index contributed by atoms with van der Waals surface area (Å²) in [6, 6.07) is 15.3. The first-order valence-corrected chi connectivity index (χ1v) is 9.05. The minimum Gasteiger partial charge on any atom is -1.00 e. The van der Waals surface area contributed by atoms with Crippen LogP contribution in [0.25, 0.3) is 10.2 Å². The van der Waals surface area contributed by atoms with Crippen molar-refractivity contribution in [3.05, 3.63) is 59.6 Å². The number of aromatic nitrogens is 1. The van der Waals surface area contributed by atoms with Gasteiger partial charge >= 0.3 is 10.1 Å². The van der Waals surface area contributed by atoms with Crippen LogP contribution in [-0.2, 0) is 16.7 Å². The van der Waals surface area contributed by atoms with E-state index in [1.165, 1.54) is 10.2 Å². The van der Waals surface area contributed by atoms with Gasteiger partial charge in [0.2, 0.25) is 11.0 Å². The molecule has 0 atom stereocenters. The van der Waals surface area contributed by atoms with E-state index in [0.717, 1.165) is 18.4 Å². The summed E-state index contributed by atoms with van der Waals surface area (Å²) in [5.74, 6) is 0.335. The third kappa shape index (κ3) is 4.06. The number of rotatable bonds is 4. The van der Waals surface area contributed by atoms with E-state index in [1.54, 1.807) is 23.5 Å². The molecule has 0 N–H and O–H groups in total. The second kappa shape index (κ2) is 6.76. The first-order chi connectivity index (χ1) is 10.0. The van der Waals surface area contributed by atoms with Crippen molar-refractivity contribution < 1.29 is 34.1 Å². The van der Waals surface area contributed by atoms with Gasteiger partial charge in [-0.1, -0.05) is 23.5 Å². The molecular formula is C15H14BrNO3S2. The zero-order valence-corrected chi connectivity index (χ0v) is 15.0. The fraction of sp³-hybridized carbons (Fsp3) is 0.133. The first kappa shape index (κ1) is 16.9. The Morgan fingerprint density at radius 1 is 1.09 bits per heavy atom. The van der Waals surface area contributed by atoms with Crippen LogP contribution in [0.15, 0.2) is 54.0 Å². The highest BCUT2D eigenvalue weighted by molar-refractivity contribution is 7.86. The van der Waals surface area contributed by atoms with Crippen LogP contribution in [0.2, 0.25) is 0 Å². The van der Waals surface area contributed by atoms with Crippen molar-refractivity contribution in [3.8, 4) is 5.75 Å². The highest BCUT2D eigenvalue weighted by Crippen LogP contribution is 2.17. The first-order valence-electron chi connectivity index (χ1n) is 6.35. The second-order valence-corrected chi connectivity index (χ2v) is 7.21. The van der Waals surface area contributed by atoms with Crippen LogP contribution < -0.4 is 25.7 Å². The van der Waals surface area contributed by atoms with E-state index in [2.05, 4.69) is 22.2 Å². The highest BCUT2D eigenvalue weighted by Gasteiger charge is 2.12. The number of para-hydroxylation sites is 1. The summed E-state index contributed by atoms with van der Waals surface area (Å²) in [7, 11) is -3.47. The maximum Gasteiger partial charge on any atom is 0.306 e. The molecule has 0 saturated carbocycles. The molecule has 0 unspecified atom stereocenters. The van der Waals surface area contributed by atoms with Crippen LogP contribution in [0.4, 0.5) is 0 Å². The van der Waals surface area contributed by atoms with E-state index in [-0.39, 0.29) is 17.0 Å². The summed E-state index contributed by atoms with van der Waals surface area (Å²) < 4.78 is 30.4. The SMILES string of the molecule is CS(=O)(=O)Oc1ccc(C[n+]2csc3ccccc32)cc1.[Br-]. The average molecular weight is 400 g/mol. The van der Waals surface area contributed by atoms with Gasteiger partial charge in [0.1, 0.15) is 10.4 Å². The smallest absolute Gasteiger partial charge is 0.306 e. The molecule has 0 aliphatic rings. The topological polar surface area (TPSA) is 47.3 Å². The normalized spacial score (nSPS) is 11.1. The molecule has 0 aliphatic carbocycles. The van der Waals surface area contributed by atoms with Crippen molar-refractivity contribution >= 4 is 31.7 Å². The second-order valence-electron chi connectivity index (χ2n) is 4.75. The van der Waals surface area contributed by atoms with E-state index in [0.29, 0.717) is 5.75 Å². The Hall–Kier alpha value is -1.44. The summed E-state index contributed by atoms with van der Waals surface area (Å²) in [4.78, 5) is 0. The van der Waals surface area contributed by atoms with Gasteiger partial charge in [-0.2, -0.15) is 13.0 Å². The van der Waals surface area contributed by atoms with Gasteiger partial charge in [-0.3, -0.25) is 0 Å². The van der Waals surface area contributed by atoms with Crippen molar-refractivity contribution in [1.29, 1.82) is 0 Å². The largest absolute Gasteiger partial charge is 1.00 e. The molecule has 0 radical (unpaired) electrons. The molecule has 0 fully saturated rings. The Labute approximate surface area is 143 Å². The predicted molar refractivity (Wildman–Crippen MR) is 83.0 cm³/mol. The quantitative estimate of drug-likeness (QED) is 0.442. The lowest BCUT2D eigenvalue weighted by molar-refractivity contribution is -0.658. The van der Waals surface area contributed by atoms with Gasteiger partial charge in [-0.15, -0.1) is 0 Å². The molecule has 116 valence electrons. The van der Waals surface area contributed by atoms with Crippen LogP contribution in [0.5, 0.6) is 5.75 Å². The lowest BCUT2D eigenvalue weighted by atomic mass is 10.2. The number of thiazole rings is 1. The molecular weight excluding hydrogens is 386 g/mol. The van der Waals surface area contributed by atoms with Gasteiger partial charge in [-0.05, 0) is 30.3 Å². The molecule has 1 aromatic heterocycles. The molecule has 1 heterocycles. The highest BCUT2D eigenvalue weighted by atomic mass is 79.9. The number of halogens is 1. The van der Waals surface area contributed by atoms with E-state index in [4.69, 9.17) is 4.18 Å². The monoisotopic (exact) mass is 399 g/mol. The minimum atomic E-state index is -3.47. The zero-order chi connectivity index (χ0) is 14.9. The van der Waals surface area contributed by atoms with Crippen molar-refractivity contribution in [2.24, 2.45) is 0 Å². The Bertz CT molecular complexity index is 873. The molecule has 0 amide bonds. The third-order valence-corrected chi connectivity index (χ3v) is 4.46. The van der Waals surface area contributed by atoms with Crippen molar-refractivity contribution in [2.75, 3.05) is 6.26 Å². The average Bonchev–Trinajstić information content (AvgIpc) is 2.83. The fourth-order valence-electron chi connectivity index (χ4n) is 2.12. The van der Waals surface area contributed by atoms with E-state index < -0.39 is 10.1 Å². The molecule has 0 bridgehead atoms. The Kier molecular flexibility index (Phi) is 5.20. The summed E-state index contributed by atoms with van der Waals surface area (Å²) in [6.07, 6.45) is 1.04. The van der Waals surface area contributed by atoms with Crippen LogP contribution >= 0.6 is 11.3 Å². The fourth-order valence-corrected chi connectivity index (χ4v) is 3.47. The Balaban J connectivity index is 0.00000176. The summed E-state index contributed by atoms with van der Waals surface area (Å²) in [5, 5.41) is 0. The zero-order valence-electron chi connectivity index (χ0n) is 11.8. The Morgan fingerprint density at radius 2 is 1.77 bits per heavy atom. The minimum absolute atomic E-state index is 0. The lowest BCUT2D eigenvalue weighted by Gasteiger charge is -2.03. The van der Waals surface area contributed by atoms with Crippen LogP contribution in [0, 0.1) is 0 Å². The van der Waals surface area contributed by atoms with Gasteiger partial charge in [0.05, 0.1) is 6.26 Å². The van der Waals surface area contributed by atoms with Crippen LogP contribution in [-0.4, -0.2) is 14.7 Å². The van der Waals surface area contributed by atoms with Crippen molar-refractivity contribution in [1.82, 2.24) is 0 Å². The van der Waals surface area contributed by atoms with Crippen molar-refractivity contribution in [3.63, 3.8) is 0 Å². The molecule has 22 heavy (non-hydrogen) atoms. The van der Waals surface area contributed by atoms with Gasteiger partial charge in [0.15, 0.2) is 6.54 Å². The maximum atomic E-state index is 11.1. The van der Waals surface area contributed by atoms with Crippen molar-refractivity contribution in [2.45, 2.75) is 6.54 Å². The predicted octanol–water partition coefficient (Wildman–Crippen LogP) is -0.420. The molecule has 4 nitrogen and oxygen atoms in total. The van der Waals surface area contributed by atoms with Gasteiger partial charge in [0, 0.05) is 11.6 Å². The molecule has 3 aromatic rings. The number of nitrogens with zero attached hydrogens (tertiary/aromatic N) is 1. The summed E-state index contributed by atoms with van der Waals surface area (Å²) in [6.45, 7) is 0.739. The van der Waals surface area contributed by atoms with E-state index in [1.807, 2.05) is 24.3 Å². The van der Waals surface area contributed by atoms with Gasteiger partial charge < -0.3 is 21.2 Å². The van der Waals surface area contributed by atoms with Gasteiger partial charge in [0.25, 0.3) is 0 Å².